The molecule has 1 aromatic heterocycles. The maximum atomic E-state index is 16.8. The molecule has 1 amide bonds. The van der Waals surface area contributed by atoms with Crippen LogP contribution in [-0.4, -0.2) is 62.1 Å². The average Bonchev–Trinajstić information content (AvgIpc) is 3.11. The number of hydrogen-bond donors (Lipinski definition) is 1. The van der Waals surface area contributed by atoms with Crippen LogP contribution in [0.3, 0.4) is 0 Å². The lowest BCUT2D eigenvalue weighted by Crippen LogP contribution is -2.53. The highest BCUT2D eigenvalue weighted by molar-refractivity contribution is 6.35. The molecule has 4 aromatic rings. The summed E-state index contributed by atoms with van der Waals surface area (Å²) in [5.74, 6) is -2.67. The number of para-hydroxylation sites is 1. The Morgan fingerprint density at radius 1 is 1.02 bits per heavy atom. The van der Waals surface area contributed by atoms with Gasteiger partial charge in [-0.1, -0.05) is 53.5 Å². The summed E-state index contributed by atoms with van der Waals surface area (Å²) in [5, 5.41) is 22.4. The van der Waals surface area contributed by atoms with E-state index in [1.165, 1.54) is 37.6 Å². The Labute approximate surface area is 299 Å². The number of carboxylic acids is 1. The predicted octanol–water partition coefficient (Wildman–Crippen LogP) is 5.65. The van der Waals surface area contributed by atoms with Crippen LogP contribution in [0.4, 0.5) is 14.9 Å². The van der Waals surface area contributed by atoms with Gasteiger partial charge in [0.1, 0.15) is 22.0 Å². The number of carbonyl (C=O) groups excluding carboxylic acids is 2. The summed E-state index contributed by atoms with van der Waals surface area (Å²) in [6.07, 6.45) is 3.44. The molecule has 50 heavy (non-hydrogen) atoms. The van der Waals surface area contributed by atoms with Gasteiger partial charge in [0.15, 0.2) is 11.5 Å². The molecular formula is C37H36Cl2FN3O7. The number of rotatable bonds is 11. The van der Waals surface area contributed by atoms with E-state index in [2.05, 4.69) is 4.90 Å². The van der Waals surface area contributed by atoms with E-state index < -0.39 is 29.4 Å². The number of pyridine rings is 1. The van der Waals surface area contributed by atoms with Gasteiger partial charge in [-0.3, -0.25) is 15.0 Å². The number of carbonyl (C=O) groups is 2. The summed E-state index contributed by atoms with van der Waals surface area (Å²) in [5.41, 5.74) is 1.01. The van der Waals surface area contributed by atoms with Crippen LogP contribution < -0.4 is 24.2 Å². The summed E-state index contributed by atoms with van der Waals surface area (Å²) in [6, 6.07) is 16.5. The topological polar surface area (TPSA) is 115 Å². The van der Waals surface area contributed by atoms with Gasteiger partial charge < -0.3 is 24.1 Å². The molecule has 2 atom stereocenters. The van der Waals surface area contributed by atoms with E-state index in [0.29, 0.717) is 45.2 Å². The molecule has 1 N–H and O–H groups in total. The number of ether oxygens (including phenoxy) is 3. The molecule has 4 heterocycles. The molecule has 2 bridgehead atoms. The van der Waals surface area contributed by atoms with Crippen LogP contribution >= 0.6 is 23.2 Å². The van der Waals surface area contributed by atoms with Crippen molar-refractivity contribution in [2.45, 2.75) is 37.8 Å². The zero-order chi connectivity index (χ0) is 35.5. The molecule has 3 aromatic carbocycles. The van der Waals surface area contributed by atoms with Crippen LogP contribution in [-0.2, 0) is 17.7 Å². The van der Waals surface area contributed by atoms with Crippen molar-refractivity contribution >= 4 is 41.0 Å². The second-order valence-corrected chi connectivity index (χ2v) is 13.3. The highest BCUT2D eigenvalue weighted by Crippen LogP contribution is 2.41. The number of piperidine rings is 3. The minimum Gasteiger partial charge on any atom is -0.545 e. The Morgan fingerprint density at radius 3 is 2.30 bits per heavy atom. The van der Waals surface area contributed by atoms with Crippen molar-refractivity contribution in [1.29, 1.82) is 0 Å². The van der Waals surface area contributed by atoms with Crippen LogP contribution in [0, 0.1) is 11.7 Å². The van der Waals surface area contributed by atoms with E-state index in [1.54, 1.807) is 42.5 Å². The van der Waals surface area contributed by atoms with Gasteiger partial charge in [-0.2, -0.15) is 0 Å². The van der Waals surface area contributed by atoms with Gasteiger partial charge in [-0.05, 0) is 79.7 Å². The smallest absolute Gasteiger partial charge is 0.414 e. The van der Waals surface area contributed by atoms with Gasteiger partial charge >= 0.3 is 6.09 Å². The standard InChI is InChI=1S/C37H36Cl2FN3O7/c1-48-31-11-9-23(16-32(31)49-2)27(17-28-29(38)19-42(47)20-30(28)39)34-24(8-10-26(35(34)40)36(44)45)18-43(25-6-4-3-5-7-25)37(46)50-33-21-41-14-12-22(33)13-15-41/h3-11,16,19-20,22,27,33H,12-15,17-18,21H2,1-2H3,(H-,44,45,47)/t27-,33-/m0/s1. The number of amides is 1. The zero-order valence-electron chi connectivity index (χ0n) is 27.5. The molecule has 0 aliphatic carbocycles. The largest absolute Gasteiger partial charge is 0.545 e. The number of benzene rings is 3. The Kier molecular flexibility index (Phi) is 10.7. The van der Waals surface area contributed by atoms with Crippen LogP contribution in [0.25, 0.3) is 0 Å². The molecule has 0 radical (unpaired) electrons. The normalized spacial score (nSPS) is 18.7. The summed E-state index contributed by atoms with van der Waals surface area (Å²) in [7, 11) is 2.94. The minimum atomic E-state index is -1.71. The molecule has 0 spiro atoms. The third kappa shape index (κ3) is 7.31. The average molecular weight is 725 g/mol. The number of halogens is 3. The zero-order valence-corrected chi connectivity index (χ0v) is 29.0. The Balaban J connectivity index is 1.49. The minimum absolute atomic E-state index is 0.0247. The fraction of sp³-hybridized carbons (Fsp3) is 0.324. The molecular weight excluding hydrogens is 688 g/mol. The second kappa shape index (κ2) is 15.1. The number of anilines is 1. The number of carboxylic acid groups (broad SMARTS) is 1. The SMILES string of the molecule is COc1ccc([C@H](Cc2c(Cl)c[n+](O)cc2Cl)c2c(CN(C(=O)O[C@H]3CN4CCC3CC4)c3ccccc3)ccc(C(=O)[O-])c2F)cc1OC. The Bertz CT molecular complexity index is 1870. The summed E-state index contributed by atoms with van der Waals surface area (Å²) in [6.45, 7) is 2.42. The van der Waals surface area contributed by atoms with E-state index in [-0.39, 0.29) is 40.6 Å². The number of fused-ring (bicyclic) bond motifs is 3. The third-order valence-corrected chi connectivity index (χ3v) is 10.2. The van der Waals surface area contributed by atoms with Gasteiger partial charge in [-0.25, -0.2) is 9.18 Å². The quantitative estimate of drug-likeness (QED) is 0.156. The fourth-order valence-corrected chi connectivity index (χ4v) is 7.58. The molecule has 262 valence electrons. The van der Waals surface area contributed by atoms with E-state index >= 15 is 4.39 Å². The summed E-state index contributed by atoms with van der Waals surface area (Å²) < 4.78 is 34.7. The van der Waals surface area contributed by atoms with E-state index in [1.807, 2.05) is 6.07 Å². The predicted molar refractivity (Wildman–Crippen MR) is 182 cm³/mol. The third-order valence-electron chi connectivity index (χ3n) is 9.59. The van der Waals surface area contributed by atoms with Gasteiger partial charge in [-0.15, -0.1) is 0 Å². The number of methoxy groups -OCH3 is 2. The molecule has 0 unspecified atom stereocenters. The van der Waals surface area contributed by atoms with Gasteiger partial charge in [0.2, 0.25) is 12.4 Å². The number of aromatic nitrogens is 1. The number of nitrogens with zero attached hydrogens (tertiary/aromatic N) is 3. The van der Waals surface area contributed by atoms with E-state index in [9.17, 15) is 19.9 Å². The molecule has 13 heteroatoms. The van der Waals surface area contributed by atoms with Crippen molar-refractivity contribution in [2.75, 3.05) is 38.8 Å². The lowest BCUT2D eigenvalue weighted by Gasteiger charge is -2.44. The first-order chi connectivity index (χ1) is 24.1. The molecule has 3 fully saturated rings. The maximum absolute atomic E-state index is 16.8. The van der Waals surface area contributed by atoms with Crippen molar-refractivity contribution < 1.29 is 43.2 Å². The van der Waals surface area contributed by atoms with Crippen molar-refractivity contribution in [1.82, 2.24) is 4.90 Å². The molecule has 7 rings (SSSR count). The molecule has 3 aliphatic rings. The lowest BCUT2D eigenvalue weighted by molar-refractivity contribution is -0.904. The maximum Gasteiger partial charge on any atom is 0.414 e. The second-order valence-electron chi connectivity index (χ2n) is 12.5. The number of hydrogen-bond acceptors (Lipinski definition) is 8. The molecule has 3 saturated heterocycles. The molecule has 10 nitrogen and oxygen atoms in total. The van der Waals surface area contributed by atoms with Crippen molar-refractivity contribution in [3.05, 3.63) is 117 Å². The highest BCUT2D eigenvalue weighted by atomic mass is 35.5. The van der Waals surface area contributed by atoms with Crippen LogP contribution in [0.2, 0.25) is 10.0 Å². The monoisotopic (exact) mass is 723 g/mol. The number of aromatic carboxylic acids is 1. The van der Waals surface area contributed by atoms with Crippen molar-refractivity contribution in [3.63, 3.8) is 0 Å². The summed E-state index contributed by atoms with van der Waals surface area (Å²) >= 11 is 13.1. The first kappa shape index (κ1) is 35.3. The first-order valence-electron chi connectivity index (χ1n) is 16.2. The Hall–Kier alpha value is -4.58. The lowest BCUT2D eigenvalue weighted by atomic mass is 9.82. The van der Waals surface area contributed by atoms with Crippen LogP contribution in [0.5, 0.6) is 11.5 Å². The van der Waals surface area contributed by atoms with E-state index in [4.69, 9.17) is 37.4 Å². The highest BCUT2D eigenvalue weighted by Gasteiger charge is 2.38. The van der Waals surface area contributed by atoms with E-state index in [0.717, 1.165) is 32.0 Å². The summed E-state index contributed by atoms with van der Waals surface area (Å²) in [4.78, 5) is 30.0. The van der Waals surface area contributed by atoms with Crippen molar-refractivity contribution in [2.24, 2.45) is 5.92 Å². The first-order valence-corrected chi connectivity index (χ1v) is 16.9. The Morgan fingerprint density at radius 2 is 1.70 bits per heavy atom. The van der Waals surface area contributed by atoms with Crippen LogP contribution in [0.1, 0.15) is 51.4 Å². The van der Waals surface area contributed by atoms with Gasteiger partial charge in [0, 0.05) is 39.6 Å². The van der Waals surface area contributed by atoms with Crippen molar-refractivity contribution in [3.8, 4) is 11.5 Å². The van der Waals surface area contributed by atoms with Gasteiger partial charge in [0.25, 0.3) is 0 Å². The van der Waals surface area contributed by atoms with Crippen LogP contribution in [0.15, 0.2) is 73.1 Å². The molecule has 0 saturated carbocycles. The molecule has 3 aliphatic heterocycles. The van der Waals surface area contributed by atoms with Gasteiger partial charge in [0.05, 0.1) is 26.7 Å². The fourth-order valence-electron chi connectivity index (χ4n) is 6.98.